The summed E-state index contributed by atoms with van der Waals surface area (Å²) in [6.45, 7) is 7.25. The van der Waals surface area contributed by atoms with E-state index >= 15 is 0 Å². The fourth-order valence-corrected chi connectivity index (χ4v) is 4.43. The number of hydrogen-bond acceptors (Lipinski definition) is 4. The lowest BCUT2D eigenvalue weighted by molar-refractivity contribution is 0.0748. The lowest BCUT2D eigenvalue weighted by atomic mass is 10.0. The Labute approximate surface area is 188 Å². The molecule has 2 aromatic carbocycles. The van der Waals surface area contributed by atoms with Crippen molar-refractivity contribution < 1.29 is 4.79 Å². The van der Waals surface area contributed by atoms with Crippen LogP contribution in [-0.4, -0.2) is 47.0 Å². The number of amides is 1. The average molecular weight is 423 g/mol. The Morgan fingerprint density at radius 1 is 0.875 bits per heavy atom. The number of pyridine rings is 2. The van der Waals surface area contributed by atoms with Crippen LogP contribution < -0.4 is 4.90 Å². The van der Waals surface area contributed by atoms with E-state index in [0.29, 0.717) is 13.1 Å². The van der Waals surface area contributed by atoms with E-state index < -0.39 is 0 Å². The molecule has 0 N–H and O–H groups in total. The summed E-state index contributed by atoms with van der Waals surface area (Å²) in [5.41, 5.74) is 6.96. The second-order valence-electron chi connectivity index (χ2n) is 8.38. The molecule has 0 aliphatic carbocycles. The molecule has 32 heavy (non-hydrogen) atoms. The Morgan fingerprint density at radius 3 is 2.38 bits per heavy atom. The highest BCUT2D eigenvalue weighted by Crippen LogP contribution is 2.27. The fourth-order valence-electron chi connectivity index (χ4n) is 4.43. The first kappa shape index (κ1) is 20.2. The third-order valence-electron chi connectivity index (χ3n) is 6.19. The molecule has 5 heteroatoms. The van der Waals surface area contributed by atoms with Crippen LogP contribution in [-0.2, 0) is 0 Å². The first-order valence-corrected chi connectivity index (χ1v) is 11.0. The van der Waals surface area contributed by atoms with E-state index in [-0.39, 0.29) is 5.91 Å². The number of rotatable bonds is 3. The molecule has 2 aromatic heterocycles. The highest BCUT2D eigenvalue weighted by atomic mass is 16.2. The summed E-state index contributed by atoms with van der Waals surface area (Å²) < 4.78 is 0. The maximum absolute atomic E-state index is 13.7. The maximum atomic E-state index is 13.7. The van der Waals surface area contributed by atoms with Gasteiger partial charge in [-0.05, 0) is 55.8 Å². The summed E-state index contributed by atoms with van der Waals surface area (Å²) in [6.07, 6.45) is 3.51. The number of carbonyl (C=O) groups is 1. The second kappa shape index (κ2) is 8.42. The van der Waals surface area contributed by atoms with Crippen LogP contribution in [0.5, 0.6) is 0 Å². The van der Waals surface area contributed by atoms with Crippen molar-refractivity contribution in [1.82, 2.24) is 14.9 Å². The first-order valence-electron chi connectivity index (χ1n) is 11.0. The van der Waals surface area contributed by atoms with Gasteiger partial charge in [-0.15, -0.1) is 0 Å². The maximum Gasteiger partial charge on any atom is 0.254 e. The van der Waals surface area contributed by atoms with Gasteiger partial charge in [0.15, 0.2) is 0 Å². The van der Waals surface area contributed by atoms with Crippen molar-refractivity contribution in [3.05, 3.63) is 89.7 Å². The molecule has 0 atom stereocenters. The van der Waals surface area contributed by atoms with Crippen molar-refractivity contribution in [2.75, 3.05) is 31.1 Å². The van der Waals surface area contributed by atoms with E-state index in [1.165, 1.54) is 11.3 Å². The zero-order valence-corrected chi connectivity index (χ0v) is 18.5. The van der Waals surface area contributed by atoms with Crippen molar-refractivity contribution in [3.8, 4) is 11.3 Å². The first-order chi connectivity index (χ1) is 15.6. The molecular weight excluding hydrogens is 396 g/mol. The van der Waals surface area contributed by atoms with Gasteiger partial charge in [-0.1, -0.05) is 29.8 Å². The second-order valence-corrected chi connectivity index (χ2v) is 8.38. The number of piperazine rings is 1. The van der Waals surface area contributed by atoms with E-state index in [0.717, 1.165) is 46.4 Å². The zero-order chi connectivity index (χ0) is 22.1. The van der Waals surface area contributed by atoms with Crippen molar-refractivity contribution >= 4 is 22.5 Å². The van der Waals surface area contributed by atoms with Crippen molar-refractivity contribution in [3.63, 3.8) is 0 Å². The van der Waals surface area contributed by atoms with E-state index in [9.17, 15) is 4.79 Å². The van der Waals surface area contributed by atoms with Gasteiger partial charge in [0.2, 0.25) is 0 Å². The third-order valence-corrected chi connectivity index (χ3v) is 6.19. The fraction of sp³-hybridized carbons (Fsp3) is 0.222. The van der Waals surface area contributed by atoms with Gasteiger partial charge in [0.25, 0.3) is 5.91 Å². The van der Waals surface area contributed by atoms with Crippen LogP contribution in [0.25, 0.3) is 22.2 Å². The van der Waals surface area contributed by atoms with Gasteiger partial charge in [-0.25, -0.2) is 4.98 Å². The summed E-state index contributed by atoms with van der Waals surface area (Å²) in [7, 11) is 0. The minimum absolute atomic E-state index is 0.0720. The molecule has 1 aliphatic heterocycles. The van der Waals surface area contributed by atoms with Crippen LogP contribution in [0.2, 0.25) is 0 Å². The van der Waals surface area contributed by atoms with E-state index in [1.54, 1.807) is 12.4 Å². The predicted molar refractivity (Wildman–Crippen MR) is 129 cm³/mol. The lowest BCUT2D eigenvalue weighted by Gasteiger charge is -2.37. The van der Waals surface area contributed by atoms with Gasteiger partial charge in [0, 0.05) is 55.2 Å². The van der Waals surface area contributed by atoms with Crippen LogP contribution >= 0.6 is 0 Å². The Morgan fingerprint density at radius 2 is 1.62 bits per heavy atom. The summed E-state index contributed by atoms with van der Waals surface area (Å²) in [5.74, 6) is 0.0720. The van der Waals surface area contributed by atoms with Gasteiger partial charge < -0.3 is 9.80 Å². The standard InChI is InChI=1S/C27H26N4O/c1-19-7-8-24-22(17-19)23(18-25(29-24)21-9-11-28-12-10-21)27(32)31-15-13-30(14-16-31)26-6-4-3-5-20(26)2/h3-12,17-18H,13-16H2,1-2H3. The topological polar surface area (TPSA) is 49.3 Å². The van der Waals surface area contributed by atoms with Gasteiger partial charge >= 0.3 is 0 Å². The molecule has 0 bridgehead atoms. The summed E-state index contributed by atoms with van der Waals surface area (Å²) >= 11 is 0. The molecule has 0 radical (unpaired) electrons. The van der Waals surface area contributed by atoms with Gasteiger partial charge in [-0.3, -0.25) is 9.78 Å². The van der Waals surface area contributed by atoms with E-state index in [4.69, 9.17) is 4.98 Å². The normalized spacial score (nSPS) is 14.1. The molecule has 3 heterocycles. The van der Waals surface area contributed by atoms with Crippen molar-refractivity contribution in [2.45, 2.75) is 13.8 Å². The number of anilines is 1. The highest BCUT2D eigenvalue weighted by molar-refractivity contribution is 6.07. The number of fused-ring (bicyclic) bond motifs is 1. The molecule has 4 aromatic rings. The van der Waals surface area contributed by atoms with Crippen LogP contribution in [0, 0.1) is 13.8 Å². The monoisotopic (exact) mass is 422 g/mol. The van der Waals surface area contributed by atoms with Gasteiger partial charge in [0.1, 0.15) is 0 Å². The number of hydrogen-bond donors (Lipinski definition) is 0. The third kappa shape index (κ3) is 3.82. The predicted octanol–water partition coefficient (Wildman–Crippen LogP) is 4.88. The molecule has 1 saturated heterocycles. The minimum atomic E-state index is 0.0720. The van der Waals surface area contributed by atoms with Gasteiger partial charge in [-0.2, -0.15) is 0 Å². The number of para-hydroxylation sites is 1. The zero-order valence-electron chi connectivity index (χ0n) is 18.5. The minimum Gasteiger partial charge on any atom is -0.368 e. The number of aryl methyl sites for hydroxylation is 2. The SMILES string of the molecule is Cc1ccc2nc(-c3ccncc3)cc(C(=O)N3CCN(c4ccccc4C)CC3)c2c1. The molecule has 0 unspecified atom stereocenters. The van der Waals surface area contributed by atoms with E-state index in [2.05, 4.69) is 47.1 Å². The molecule has 160 valence electrons. The molecule has 1 aliphatic rings. The van der Waals surface area contributed by atoms with Crippen LogP contribution in [0.3, 0.4) is 0 Å². The molecule has 1 fully saturated rings. The molecule has 5 nitrogen and oxygen atoms in total. The number of carbonyl (C=O) groups excluding carboxylic acids is 1. The molecule has 5 rings (SSSR count). The van der Waals surface area contributed by atoms with Crippen LogP contribution in [0.15, 0.2) is 73.1 Å². The quantitative estimate of drug-likeness (QED) is 0.472. The smallest absolute Gasteiger partial charge is 0.254 e. The largest absolute Gasteiger partial charge is 0.368 e. The highest BCUT2D eigenvalue weighted by Gasteiger charge is 2.25. The van der Waals surface area contributed by atoms with E-state index in [1.807, 2.05) is 42.2 Å². The molecular formula is C27H26N4O. The Bertz CT molecular complexity index is 1280. The molecule has 0 saturated carbocycles. The van der Waals surface area contributed by atoms with Gasteiger partial charge in [0.05, 0.1) is 16.8 Å². The Balaban J connectivity index is 1.47. The lowest BCUT2D eigenvalue weighted by Crippen LogP contribution is -2.49. The number of benzene rings is 2. The summed E-state index contributed by atoms with van der Waals surface area (Å²) in [5, 5.41) is 0.911. The average Bonchev–Trinajstić information content (AvgIpc) is 2.84. The van der Waals surface area contributed by atoms with Crippen molar-refractivity contribution in [2.24, 2.45) is 0 Å². The number of aromatic nitrogens is 2. The Hall–Kier alpha value is -3.73. The van der Waals surface area contributed by atoms with Crippen molar-refractivity contribution in [1.29, 1.82) is 0 Å². The molecule has 1 amide bonds. The van der Waals surface area contributed by atoms with Crippen LogP contribution in [0.4, 0.5) is 5.69 Å². The number of nitrogens with zero attached hydrogens (tertiary/aromatic N) is 4. The Kier molecular flexibility index (Phi) is 5.31. The van der Waals surface area contributed by atoms with Crippen LogP contribution in [0.1, 0.15) is 21.5 Å². The summed E-state index contributed by atoms with van der Waals surface area (Å²) in [6, 6.07) is 20.3. The summed E-state index contributed by atoms with van der Waals surface area (Å²) in [4.78, 5) is 27.0. The molecule has 0 spiro atoms.